The Labute approximate surface area is 101 Å². The number of alkyl halides is 3. The number of anilines is 1. The van der Waals surface area contributed by atoms with E-state index in [4.69, 9.17) is 0 Å². The summed E-state index contributed by atoms with van der Waals surface area (Å²) >= 11 is 0. The van der Waals surface area contributed by atoms with Gasteiger partial charge in [-0.05, 0) is 30.9 Å². The largest absolute Gasteiger partial charge is 0.405 e. The van der Waals surface area contributed by atoms with E-state index in [0.29, 0.717) is 0 Å². The van der Waals surface area contributed by atoms with Crippen LogP contribution in [0.1, 0.15) is 17.7 Å². The summed E-state index contributed by atoms with van der Waals surface area (Å²) in [6.07, 6.45) is -1.75. The minimum absolute atomic E-state index is 0.162. The van der Waals surface area contributed by atoms with Gasteiger partial charge in [-0.1, -0.05) is 0 Å². The summed E-state index contributed by atoms with van der Waals surface area (Å²) in [4.78, 5) is 11.2. The first kappa shape index (κ1) is 12.6. The van der Waals surface area contributed by atoms with Crippen molar-refractivity contribution in [3.05, 3.63) is 17.3 Å². The lowest BCUT2D eigenvalue weighted by Gasteiger charge is -2.09. The molecular formula is C10H11F3N4O. The molecule has 1 aliphatic rings. The molecule has 2 rings (SSSR count). The molecule has 1 aromatic heterocycles. The summed E-state index contributed by atoms with van der Waals surface area (Å²) in [6, 6.07) is 0.697. The van der Waals surface area contributed by atoms with Crippen LogP contribution in [-0.2, 0) is 12.8 Å². The zero-order chi connectivity index (χ0) is 13.2. The maximum Gasteiger partial charge on any atom is 0.405 e. The number of hydrogen-bond acceptors (Lipinski definition) is 3. The molecule has 1 heterocycles. The van der Waals surface area contributed by atoms with Gasteiger partial charge in [-0.25, -0.2) is 4.79 Å². The molecule has 1 aromatic rings. The third-order valence-corrected chi connectivity index (χ3v) is 2.51. The Morgan fingerprint density at radius 3 is 2.83 bits per heavy atom. The van der Waals surface area contributed by atoms with Gasteiger partial charge in [0.2, 0.25) is 0 Å². The van der Waals surface area contributed by atoms with Gasteiger partial charge < -0.3 is 5.32 Å². The number of urea groups is 1. The van der Waals surface area contributed by atoms with Crippen molar-refractivity contribution in [2.75, 3.05) is 11.9 Å². The van der Waals surface area contributed by atoms with E-state index in [0.717, 1.165) is 30.5 Å². The molecule has 0 saturated carbocycles. The van der Waals surface area contributed by atoms with E-state index in [-0.39, 0.29) is 5.82 Å². The average Bonchev–Trinajstić information content (AvgIpc) is 2.72. The molecule has 0 bridgehead atoms. The summed E-state index contributed by atoms with van der Waals surface area (Å²) in [5.74, 6) is 0.162. The van der Waals surface area contributed by atoms with Crippen LogP contribution in [0.15, 0.2) is 6.07 Å². The van der Waals surface area contributed by atoms with Crippen LogP contribution in [0.2, 0.25) is 0 Å². The Morgan fingerprint density at radius 2 is 2.11 bits per heavy atom. The normalized spacial score (nSPS) is 14.2. The summed E-state index contributed by atoms with van der Waals surface area (Å²) in [5, 5.41) is 11.6. The van der Waals surface area contributed by atoms with E-state index in [1.807, 2.05) is 0 Å². The van der Waals surface area contributed by atoms with Crippen molar-refractivity contribution in [1.82, 2.24) is 15.5 Å². The standard InChI is InChI=1S/C10H11F3N4O/c11-10(12,13)5-14-9(18)15-8-4-6-2-1-3-7(6)16-17-8/h4H,1-3,5H2,(H2,14,15,17,18). The maximum atomic E-state index is 11.9. The summed E-state index contributed by atoms with van der Waals surface area (Å²) in [6.45, 7) is -1.38. The first-order chi connectivity index (χ1) is 8.44. The number of nitrogens with zero attached hydrogens (tertiary/aromatic N) is 2. The fraction of sp³-hybridized carbons (Fsp3) is 0.500. The molecule has 2 N–H and O–H groups in total. The predicted octanol–water partition coefficient (Wildman–Crippen LogP) is 1.65. The van der Waals surface area contributed by atoms with Crippen LogP contribution >= 0.6 is 0 Å². The second-order valence-electron chi connectivity index (χ2n) is 3.98. The van der Waals surface area contributed by atoms with E-state index in [2.05, 4.69) is 15.5 Å². The Kier molecular flexibility index (Phi) is 3.35. The molecule has 2 amide bonds. The molecule has 5 nitrogen and oxygen atoms in total. The number of carbonyl (C=O) groups is 1. The highest BCUT2D eigenvalue weighted by Gasteiger charge is 2.27. The quantitative estimate of drug-likeness (QED) is 0.849. The molecule has 0 radical (unpaired) electrons. The molecule has 0 aromatic carbocycles. The van der Waals surface area contributed by atoms with Gasteiger partial charge in [0.25, 0.3) is 0 Å². The van der Waals surface area contributed by atoms with Crippen molar-refractivity contribution in [1.29, 1.82) is 0 Å². The van der Waals surface area contributed by atoms with Gasteiger partial charge in [-0.2, -0.15) is 18.3 Å². The number of rotatable bonds is 2. The maximum absolute atomic E-state index is 11.9. The summed E-state index contributed by atoms with van der Waals surface area (Å²) < 4.78 is 35.6. The fourth-order valence-electron chi connectivity index (χ4n) is 1.73. The molecule has 0 fully saturated rings. The molecule has 8 heteroatoms. The number of amides is 2. The number of hydrogen-bond donors (Lipinski definition) is 2. The SMILES string of the molecule is O=C(NCC(F)(F)F)Nc1cc2c(nn1)CCC2. The zero-order valence-corrected chi connectivity index (χ0v) is 9.34. The van der Waals surface area contributed by atoms with Crippen LogP contribution in [-0.4, -0.2) is 28.9 Å². The topological polar surface area (TPSA) is 66.9 Å². The molecule has 1 aliphatic carbocycles. The third kappa shape index (κ3) is 3.31. The Balaban J connectivity index is 1.91. The summed E-state index contributed by atoms with van der Waals surface area (Å²) in [7, 11) is 0. The van der Waals surface area contributed by atoms with Crippen molar-refractivity contribution >= 4 is 11.8 Å². The van der Waals surface area contributed by atoms with Gasteiger partial charge >= 0.3 is 12.2 Å². The third-order valence-electron chi connectivity index (χ3n) is 2.51. The lowest BCUT2D eigenvalue weighted by molar-refractivity contribution is -0.122. The van der Waals surface area contributed by atoms with Crippen LogP contribution in [0, 0.1) is 0 Å². The number of carbonyl (C=O) groups excluding carboxylic acids is 1. The number of aromatic nitrogens is 2. The second-order valence-corrected chi connectivity index (χ2v) is 3.98. The predicted molar refractivity (Wildman–Crippen MR) is 57.1 cm³/mol. The van der Waals surface area contributed by atoms with Gasteiger partial charge in [0.1, 0.15) is 6.54 Å². The molecule has 0 aliphatic heterocycles. The Bertz CT molecular complexity index is 461. The van der Waals surface area contributed by atoms with Gasteiger partial charge in [0.05, 0.1) is 5.69 Å². The van der Waals surface area contributed by atoms with Crippen LogP contribution in [0.4, 0.5) is 23.8 Å². The molecule has 98 valence electrons. The van der Waals surface area contributed by atoms with Crippen LogP contribution < -0.4 is 10.6 Å². The minimum Gasteiger partial charge on any atom is -0.329 e. The average molecular weight is 260 g/mol. The first-order valence-electron chi connectivity index (χ1n) is 5.41. The highest BCUT2D eigenvalue weighted by Crippen LogP contribution is 2.20. The van der Waals surface area contributed by atoms with E-state index in [9.17, 15) is 18.0 Å². The van der Waals surface area contributed by atoms with Gasteiger partial charge in [0.15, 0.2) is 5.82 Å². The van der Waals surface area contributed by atoms with Crippen molar-refractivity contribution in [2.24, 2.45) is 0 Å². The van der Waals surface area contributed by atoms with Crippen molar-refractivity contribution < 1.29 is 18.0 Å². The van der Waals surface area contributed by atoms with Crippen molar-refractivity contribution in [3.63, 3.8) is 0 Å². The highest BCUT2D eigenvalue weighted by atomic mass is 19.4. The monoisotopic (exact) mass is 260 g/mol. The Hall–Kier alpha value is -1.86. The molecule has 0 atom stereocenters. The first-order valence-corrected chi connectivity index (χ1v) is 5.41. The van der Waals surface area contributed by atoms with Crippen LogP contribution in [0.3, 0.4) is 0 Å². The van der Waals surface area contributed by atoms with Gasteiger partial charge in [0, 0.05) is 0 Å². The highest BCUT2D eigenvalue weighted by molar-refractivity contribution is 5.88. The van der Waals surface area contributed by atoms with Gasteiger partial charge in [-0.15, -0.1) is 5.10 Å². The lowest BCUT2D eigenvalue weighted by Crippen LogP contribution is -2.36. The van der Waals surface area contributed by atoms with Crippen molar-refractivity contribution in [2.45, 2.75) is 25.4 Å². The molecule has 0 saturated heterocycles. The van der Waals surface area contributed by atoms with Crippen LogP contribution in [0.25, 0.3) is 0 Å². The lowest BCUT2D eigenvalue weighted by atomic mass is 10.2. The van der Waals surface area contributed by atoms with E-state index >= 15 is 0 Å². The molecule has 0 spiro atoms. The minimum atomic E-state index is -4.43. The number of halogens is 3. The van der Waals surface area contributed by atoms with E-state index < -0.39 is 18.8 Å². The molecule has 0 unspecified atom stereocenters. The second kappa shape index (κ2) is 4.79. The summed E-state index contributed by atoms with van der Waals surface area (Å²) in [5.41, 5.74) is 1.87. The number of nitrogens with one attached hydrogen (secondary N) is 2. The number of aryl methyl sites for hydroxylation is 2. The smallest absolute Gasteiger partial charge is 0.329 e. The molecular weight excluding hydrogens is 249 g/mol. The van der Waals surface area contributed by atoms with E-state index in [1.165, 1.54) is 0 Å². The Morgan fingerprint density at radius 1 is 1.33 bits per heavy atom. The van der Waals surface area contributed by atoms with Crippen molar-refractivity contribution in [3.8, 4) is 0 Å². The number of fused-ring (bicyclic) bond motifs is 1. The van der Waals surface area contributed by atoms with Gasteiger partial charge in [-0.3, -0.25) is 5.32 Å². The van der Waals surface area contributed by atoms with Crippen LogP contribution in [0.5, 0.6) is 0 Å². The fourth-order valence-corrected chi connectivity index (χ4v) is 1.73. The zero-order valence-electron chi connectivity index (χ0n) is 9.34. The van der Waals surface area contributed by atoms with E-state index in [1.54, 1.807) is 11.4 Å². The molecule has 18 heavy (non-hydrogen) atoms.